The molecule has 0 aromatic rings. The van der Waals surface area contributed by atoms with Crippen LogP contribution in [0.25, 0.3) is 0 Å². The topological polar surface area (TPSA) is 18.5 Å². The summed E-state index contributed by atoms with van der Waals surface area (Å²) in [5.41, 5.74) is 0. The van der Waals surface area contributed by atoms with E-state index in [1.165, 1.54) is 0 Å². The number of alkyl halides is 16. The van der Waals surface area contributed by atoms with Crippen LogP contribution < -0.4 is 0 Å². The SMILES string of the molecule is FC(F)C(OC(C(F)F)C(F)(F)F)C(F)(F)F.FC(F)OCC(F)(F)C(F)F. The fraction of sp³-hybridized carbons (Fsp3) is 1.00. The van der Waals surface area contributed by atoms with Gasteiger partial charge in [-0.2, -0.15) is 43.9 Å². The van der Waals surface area contributed by atoms with E-state index in [1.807, 2.05) is 0 Å². The van der Waals surface area contributed by atoms with E-state index < -0.39 is 63.0 Å². The molecule has 2 unspecified atom stereocenters. The van der Waals surface area contributed by atoms with Gasteiger partial charge in [-0.15, -0.1) is 0 Å². The average Bonchev–Trinajstić information content (AvgIpc) is 2.42. The largest absolute Gasteiger partial charge is 0.420 e. The standard InChI is InChI=1S/C6H4F10O.C4H4F6O/c7-3(8)1(5(11,12)13)17-2(4(9)10)6(14,15)16;5-2(6)4(9,10)1-11-3(7)8/h1-4H;2-3H,1H2. The number of rotatable bonds is 8. The predicted molar refractivity (Wildman–Crippen MR) is 55.7 cm³/mol. The van der Waals surface area contributed by atoms with Crippen LogP contribution >= 0.6 is 0 Å². The molecular formula is C10H8F16O2. The van der Waals surface area contributed by atoms with E-state index in [2.05, 4.69) is 9.47 Å². The Morgan fingerprint density at radius 1 is 0.571 bits per heavy atom. The summed E-state index contributed by atoms with van der Waals surface area (Å²) >= 11 is 0. The molecule has 0 aliphatic heterocycles. The molecule has 18 heteroatoms. The summed E-state index contributed by atoms with van der Waals surface area (Å²) in [7, 11) is 0. The van der Waals surface area contributed by atoms with Gasteiger partial charge in [0.25, 0.3) is 12.9 Å². The summed E-state index contributed by atoms with van der Waals surface area (Å²) < 4.78 is 191. The minimum Gasteiger partial charge on any atom is -0.345 e. The summed E-state index contributed by atoms with van der Waals surface area (Å²) in [5.74, 6) is -4.50. The number of hydrogen-bond acceptors (Lipinski definition) is 2. The van der Waals surface area contributed by atoms with E-state index in [9.17, 15) is 70.2 Å². The smallest absolute Gasteiger partial charge is 0.345 e. The summed E-state index contributed by atoms with van der Waals surface area (Å²) in [5, 5.41) is 0. The van der Waals surface area contributed by atoms with Crippen molar-refractivity contribution in [3.8, 4) is 0 Å². The third kappa shape index (κ3) is 11.6. The lowest BCUT2D eigenvalue weighted by Crippen LogP contribution is -2.48. The van der Waals surface area contributed by atoms with Gasteiger partial charge in [0, 0.05) is 0 Å². The molecule has 0 aromatic carbocycles. The summed E-state index contributed by atoms with van der Waals surface area (Å²) in [4.78, 5) is 0. The van der Waals surface area contributed by atoms with Crippen LogP contribution in [0.15, 0.2) is 0 Å². The van der Waals surface area contributed by atoms with E-state index in [4.69, 9.17) is 0 Å². The number of ether oxygens (including phenoxy) is 2. The molecule has 0 rings (SSSR count). The Kier molecular flexibility index (Phi) is 11.5. The fourth-order valence-corrected chi connectivity index (χ4v) is 0.954. The van der Waals surface area contributed by atoms with Crippen LogP contribution in [0.3, 0.4) is 0 Å². The maximum Gasteiger partial charge on any atom is 0.420 e. The van der Waals surface area contributed by atoms with Crippen molar-refractivity contribution in [1.29, 1.82) is 0 Å². The zero-order valence-corrected chi connectivity index (χ0v) is 12.5. The van der Waals surface area contributed by atoms with Crippen LogP contribution in [0.4, 0.5) is 70.2 Å². The lowest BCUT2D eigenvalue weighted by molar-refractivity contribution is -0.324. The Hall–Kier alpha value is -1.20. The highest BCUT2D eigenvalue weighted by Gasteiger charge is 2.55. The van der Waals surface area contributed by atoms with Crippen LogP contribution in [0.1, 0.15) is 0 Å². The summed E-state index contributed by atoms with van der Waals surface area (Å²) in [6.07, 6.45) is -33.0. The van der Waals surface area contributed by atoms with E-state index in [1.54, 1.807) is 0 Å². The van der Waals surface area contributed by atoms with Gasteiger partial charge < -0.3 is 9.47 Å². The second-order valence-electron chi connectivity index (χ2n) is 4.36. The van der Waals surface area contributed by atoms with Crippen molar-refractivity contribution in [2.24, 2.45) is 0 Å². The molecule has 0 fully saturated rings. The molecule has 28 heavy (non-hydrogen) atoms. The molecule has 2 atom stereocenters. The van der Waals surface area contributed by atoms with Crippen LogP contribution in [-0.2, 0) is 9.47 Å². The Morgan fingerprint density at radius 2 is 0.893 bits per heavy atom. The fourth-order valence-electron chi connectivity index (χ4n) is 0.954. The zero-order valence-electron chi connectivity index (χ0n) is 12.5. The molecule has 0 amide bonds. The Bertz CT molecular complexity index is 393. The van der Waals surface area contributed by atoms with Crippen molar-refractivity contribution in [2.45, 2.75) is 56.4 Å². The first-order chi connectivity index (χ1) is 12.2. The highest BCUT2D eigenvalue weighted by molar-refractivity contribution is 4.78. The van der Waals surface area contributed by atoms with Gasteiger partial charge in [-0.1, -0.05) is 0 Å². The Labute approximate surface area is 144 Å². The molecule has 2 nitrogen and oxygen atoms in total. The van der Waals surface area contributed by atoms with Crippen LogP contribution in [0.5, 0.6) is 0 Å². The van der Waals surface area contributed by atoms with Gasteiger partial charge in [0.15, 0.2) is 0 Å². The lowest BCUT2D eigenvalue weighted by Gasteiger charge is -2.26. The normalized spacial score (nSPS) is 15.9. The van der Waals surface area contributed by atoms with Gasteiger partial charge in [0.2, 0.25) is 12.2 Å². The van der Waals surface area contributed by atoms with Crippen LogP contribution in [-0.4, -0.2) is 63.0 Å². The molecule has 0 N–H and O–H groups in total. The van der Waals surface area contributed by atoms with Crippen molar-refractivity contribution in [1.82, 2.24) is 0 Å². The van der Waals surface area contributed by atoms with E-state index in [0.717, 1.165) is 0 Å². The number of hydrogen-bond donors (Lipinski definition) is 0. The molecular weight excluding hydrogens is 456 g/mol. The monoisotopic (exact) mass is 464 g/mol. The van der Waals surface area contributed by atoms with Crippen molar-refractivity contribution in [3.05, 3.63) is 0 Å². The van der Waals surface area contributed by atoms with Crippen LogP contribution in [0.2, 0.25) is 0 Å². The molecule has 0 radical (unpaired) electrons. The molecule has 0 aliphatic rings. The molecule has 0 heterocycles. The molecule has 0 bridgehead atoms. The van der Waals surface area contributed by atoms with Crippen molar-refractivity contribution in [3.63, 3.8) is 0 Å². The van der Waals surface area contributed by atoms with Gasteiger partial charge in [-0.05, 0) is 0 Å². The predicted octanol–water partition coefficient (Wildman–Crippen LogP) is 5.52. The molecule has 0 saturated heterocycles. The maximum atomic E-state index is 11.8. The second-order valence-corrected chi connectivity index (χ2v) is 4.36. The first kappa shape index (κ1) is 29.0. The Balaban J connectivity index is 0. The van der Waals surface area contributed by atoms with Gasteiger partial charge >= 0.3 is 31.3 Å². The van der Waals surface area contributed by atoms with E-state index in [-0.39, 0.29) is 0 Å². The minimum atomic E-state index is -5.88. The third-order valence-corrected chi connectivity index (χ3v) is 2.12. The van der Waals surface area contributed by atoms with E-state index >= 15 is 0 Å². The molecule has 0 spiro atoms. The Morgan fingerprint density at radius 3 is 1.07 bits per heavy atom. The van der Waals surface area contributed by atoms with Crippen LogP contribution in [0, 0.1) is 0 Å². The van der Waals surface area contributed by atoms with E-state index in [0.29, 0.717) is 0 Å². The maximum absolute atomic E-state index is 11.8. The number of halogens is 16. The summed E-state index contributed by atoms with van der Waals surface area (Å²) in [6, 6.07) is 0. The van der Waals surface area contributed by atoms with Gasteiger partial charge in [-0.3, -0.25) is 0 Å². The first-order valence-electron chi connectivity index (χ1n) is 6.14. The molecule has 0 aromatic heterocycles. The second kappa shape index (κ2) is 11.1. The average molecular weight is 464 g/mol. The van der Waals surface area contributed by atoms with Crippen molar-refractivity contribution >= 4 is 0 Å². The molecule has 0 aliphatic carbocycles. The first-order valence-corrected chi connectivity index (χ1v) is 6.14. The summed E-state index contributed by atoms with van der Waals surface area (Å²) in [6.45, 7) is -5.43. The van der Waals surface area contributed by atoms with Gasteiger partial charge in [0.05, 0.1) is 0 Å². The molecule has 0 saturated carbocycles. The zero-order chi connectivity index (χ0) is 23.1. The molecule has 172 valence electrons. The highest BCUT2D eigenvalue weighted by Crippen LogP contribution is 2.34. The third-order valence-electron chi connectivity index (χ3n) is 2.12. The highest BCUT2D eigenvalue weighted by atomic mass is 19.4. The van der Waals surface area contributed by atoms with Crippen molar-refractivity contribution < 1.29 is 79.7 Å². The quantitative estimate of drug-likeness (QED) is 0.441. The van der Waals surface area contributed by atoms with Crippen molar-refractivity contribution in [2.75, 3.05) is 6.61 Å². The minimum absolute atomic E-state index is 1.97. The van der Waals surface area contributed by atoms with Gasteiger partial charge in [0.1, 0.15) is 6.61 Å². The lowest BCUT2D eigenvalue weighted by atomic mass is 10.3. The van der Waals surface area contributed by atoms with Gasteiger partial charge in [-0.25, -0.2) is 26.3 Å².